The Balaban J connectivity index is 2.57. The summed E-state index contributed by atoms with van der Waals surface area (Å²) in [6, 6.07) is 6.71. The summed E-state index contributed by atoms with van der Waals surface area (Å²) in [5.74, 6) is -3.08. The molecule has 0 saturated heterocycles. The van der Waals surface area contributed by atoms with Crippen LogP contribution in [0.4, 0.5) is 10.1 Å². The SMILES string of the molecule is COC(=O)c1ccc(-c2cc(C(=O)O)cc([N+](=O)[O-])c2)cc1F. The molecule has 8 heteroatoms. The number of hydrogen-bond acceptors (Lipinski definition) is 5. The molecule has 0 spiro atoms. The number of hydrogen-bond donors (Lipinski definition) is 1. The van der Waals surface area contributed by atoms with Crippen molar-refractivity contribution in [3.8, 4) is 11.1 Å². The number of non-ortho nitro benzene ring substituents is 1. The second-order valence-corrected chi connectivity index (χ2v) is 4.52. The molecule has 0 fully saturated rings. The minimum atomic E-state index is -1.35. The third-order valence-electron chi connectivity index (χ3n) is 3.08. The highest BCUT2D eigenvalue weighted by Gasteiger charge is 2.17. The van der Waals surface area contributed by atoms with Crippen LogP contribution in [0, 0.1) is 15.9 Å². The number of rotatable bonds is 4. The second kappa shape index (κ2) is 6.22. The van der Waals surface area contributed by atoms with Gasteiger partial charge in [-0.15, -0.1) is 0 Å². The second-order valence-electron chi connectivity index (χ2n) is 4.52. The predicted molar refractivity (Wildman–Crippen MR) is 76.8 cm³/mol. The van der Waals surface area contributed by atoms with Gasteiger partial charge in [-0.25, -0.2) is 14.0 Å². The highest BCUT2D eigenvalue weighted by atomic mass is 19.1. The number of benzene rings is 2. The lowest BCUT2D eigenvalue weighted by atomic mass is 10.0. The van der Waals surface area contributed by atoms with Crippen LogP contribution in [0.25, 0.3) is 11.1 Å². The molecule has 0 amide bonds. The van der Waals surface area contributed by atoms with Gasteiger partial charge in [-0.2, -0.15) is 0 Å². The van der Waals surface area contributed by atoms with E-state index < -0.39 is 28.4 Å². The highest BCUT2D eigenvalue weighted by molar-refractivity contribution is 5.92. The van der Waals surface area contributed by atoms with Crippen molar-refractivity contribution in [2.45, 2.75) is 0 Å². The fourth-order valence-corrected chi connectivity index (χ4v) is 1.98. The van der Waals surface area contributed by atoms with Gasteiger partial charge < -0.3 is 9.84 Å². The number of carbonyl (C=O) groups is 2. The van der Waals surface area contributed by atoms with Crippen LogP contribution in [0.1, 0.15) is 20.7 Å². The quantitative estimate of drug-likeness (QED) is 0.527. The zero-order valence-electron chi connectivity index (χ0n) is 11.8. The molecule has 0 atom stereocenters. The van der Waals surface area contributed by atoms with Crippen LogP contribution in [0.5, 0.6) is 0 Å². The van der Waals surface area contributed by atoms with E-state index in [1.807, 2.05) is 0 Å². The lowest BCUT2D eigenvalue weighted by Crippen LogP contribution is -2.04. The average Bonchev–Trinajstić information content (AvgIpc) is 2.53. The van der Waals surface area contributed by atoms with E-state index in [4.69, 9.17) is 5.11 Å². The minimum Gasteiger partial charge on any atom is -0.478 e. The van der Waals surface area contributed by atoms with Gasteiger partial charge in [0.2, 0.25) is 0 Å². The summed E-state index contributed by atoms with van der Waals surface area (Å²) in [5.41, 5.74) is -0.683. The maximum atomic E-state index is 13.9. The maximum Gasteiger partial charge on any atom is 0.340 e. The van der Waals surface area contributed by atoms with Gasteiger partial charge in [0, 0.05) is 12.1 Å². The van der Waals surface area contributed by atoms with Crippen molar-refractivity contribution in [3.05, 3.63) is 63.5 Å². The Labute approximate surface area is 129 Å². The maximum absolute atomic E-state index is 13.9. The molecule has 2 rings (SSSR count). The zero-order valence-corrected chi connectivity index (χ0v) is 11.8. The van der Waals surface area contributed by atoms with Crippen LogP contribution in [-0.2, 0) is 4.74 Å². The Kier molecular flexibility index (Phi) is 4.35. The molecule has 0 heterocycles. The molecule has 1 N–H and O–H groups in total. The number of esters is 1. The van der Waals surface area contributed by atoms with Crippen LogP contribution in [0.2, 0.25) is 0 Å². The summed E-state index contributed by atoms with van der Waals surface area (Å²) in [5, 5.41) is 19.9. The first-order chi connectivity index (χ1) is 10.8. The molecule has 7 nitrogen and oxygen atoms in total. The van der Waals surface area contributed by atoms with E-state index in [1.54, 1.807) is 0 Å². The van der Waals surface area contributed by atoms with E-state index >= 15 is 0 Å². The van der Waals surface area contributed by atoms with Gasteiger partial charge >= 0.3 is 11.9 Å². The Morgan fingerprint density at radius 1 is 1.17 bits per heavy atom. The molecular formula is C15H10FNO6. The van der Waals surface area contributed by atoms with Crippen LogP contribution < -0.4 is 0 Å². The smallest absolute Gasteiger partial charge is 0.340 e. The molecular weight excluding hydrogens is 309 g/mol. The highest BCUT2D eigenvalue weighted by Crippen LogP contribution is 2.27. The number of nitrogens with zero attached hydrogens (tertiary/aromatic N) is 1. The molecule has 118 valence electrons. The molecule has 0 aliphatic carbocycles. The Morgan fingerprint density at radius 3 is 2.39 bits per heavy atom. The van der Waals surface area contributed by atoms with E-state index in [-0.39, 0.29) is 22.3 Å². The van der Waals surface area contributed by atoms with Crippen LogP contribution >= 0.6 is 0 Å². The first-order valence-corrected chi connectivity index (χ1v) is 6.24. The molecule has 2 aromatic carbocycles. The van der Waals surface area contributed by atoms with E-state index in [2.05, 4.69) is 4.74 Å². The summed E-state index contributed by atoms with van der Waals surface area (Å²) in [4.78, 5) is 32.5. The molecule has 0 aliphatic heterocycles. The number of aromatic carboxylic acids is 1. The van der Waals surface area contributed by atoms with Gasteiger partial charge in [-0.3, -0.25) is 10.1 Å². The zero-order chi connectivity index (χ0) is 17.1. The number of carboxylic acid groups (broad SMARTS) is 1. The monoisotopic (exact) mass is 319 g/mol. The molecule has 23 heavy (non-hydrogen) atoms. The molecule has 0 radical (unpaired) electrons. The van der Waals surface area contributed by atoms with Crippen LogP contribution in [0.3, 0.4) is 0 Å². The van der Waals surface area contributed by atoms with Gasteiger partial charge in [0.05, 0.1) is 23.2 Å². The van der Waals surface area contributed by atoms with Crippen LogP contribution in [-0.4, -0.2) is 29.1 Å². The van der Waals surface area contributed by atoms with Crippen molar-refractivity contribution in [3.63, 3.8) is 0 Å². The summed E-state index contributed by atoms with van der Waals surface area (Å²) >= 11 is 0. The molecule has 0 aromatic heterocycles. The van der Waals surface area contributed by atoms with Gasteiger partial charge in [-0.1, -0.05) is 6.07 Å². The van der Waals surface area contributed by atoms with Gasteiger partial charge in [-0.05, 0) is 29.3 Å². The van der Waals surface area contributed by atoms with Crippen molar-refractivity contribution in [1.29, 1.82) is 0 Å². The van der Waals surface area contributed by atoms with Gasteiger partial charge in [0.15, 0.2) is 0 Å². The van der Waals surface area contributed by atoms with Crippen molar-refractivity contribution >= 4 is 17.6 Å². The normalized spacial score (nSPS) is 10.2. The third-order valence-corrected chi connectivity index (χ3v) is 3.08. The first-order valence-electron chi connectivity index (χ1n) is 6.24. The predicted octanol–water partition coefficient (Wildman–Crippen LogP) is 2.89. The number of carboxylic acids is 1. The number of methoxy groups -OCH3 is 1. The first kappa shape index (κ1) is 16.1. The Morgan fingerprint density at radius 2 is 1.87 bits per heavy atom. The number of carbonyl (C=O) groups excluding carboxylic acids is 1. The topological polar surface area (TPSA) is 107 Å². The minimum absolute atomic E-state index is 0.145. The Bertz CT molecular complexity index is 785. The molecule has 0 unspecified atom stereocenters. The molecule has 0 saturated carbocycles. The van der Waals surface area contributed by atoms with Gasteiger partial charge in [0.25, 0.3) is 5.69 Å². The largest absolute Gasteiger partial charge is 0.478 e. The van der Waals surface area contributed by atoms with Crippen molar-refractivity contribution in [1.82, 2.24) is 0 Å². The number of halogens is 1. The summed E-state index contributed by atoms with van der Waals surface area (Å²) in [6.07, 6.45) is 0. The number of nitro groups is 1. The molecule has 0 aliphatic rings. The average molecular weight is 319 g/mol. The van der Waals surface area contributed by atoms with Crippen molar-refractivity contribution < 1.29 is 28.7 Å². The summed E-state index contributed by atoms with van der Waals surface area (Å²) < 4.78 is 18.4. The van der Waals surface area contributed by atoms with E-state index in [9.17, 15) is 24.1 Å². The van der Waals surface area contributed by atoms with Crippen molar-refractivity contribution in [2.75, 3.05) is 7.11 Å². The fourth-order valence-electron chi connectivity index (χ4n) is 1.98. The summed E-state index contributed by atoms with van der Waals surface area (Å²) in [7, 11) is 1.11. The lowest BCUT2D eigenvalue weighted by molar-refractivity contribution is -0.384. The number of nitro benzene ring substituents is 1. The Hall–Kier alpha value is -3.29. The van der Waals surface area contributed by atoms with Crippen LogP contribution in [0.15, 0.2) is 36.4 Å². The number of ether oxygens (including phenoxy) is 1. The third kappa shape index (κ3) is 3.31. The lowest BCUT2D eigenvalue weighted by Gasteiger charge is -2.06. The van der Waals surface area contributed by atoms with Gasteiger partial charge in [0.1, 0.15) is 5.82 Å². The summed E-state index contributed by atoms with van der Waals surface area (Å²) in [6.45, 7) is 0. The molecule has 2 aromatic rings. The van der Waals surface area contributed by atoms with E-state index in [1.165, 1.54) is 12.1 Å². The molecule has 0 bridgehead atoms. The van der Waals surface area contributed by atoms with E-state index in [0.717, 1.165) is 31.4 Å². The standard InChI is InChI=1S/C15H10FNO6/c1-23-15(20)12-3-2-8(7-13(12)16)9-4-10(14(18)19)6-11(5-9)17(21)22/h2-7H,1H3,(H,18,19). The van der Waals surface area contributed by atoms with Crippen molar-refractivity contribution in [2.24, 2.45) is 0 Å². The fraction of sp³-hybridized carbons (Fsp3) is 0.0667. The van der Waals surface area contributed by atoms with E-state index in [0.29, 0.717) is 0 Å².